The molecule has 0 fully saturated rings. The largest absolute Gasteiger partial charge is 0.293 e. The highest BCUT2D eigenvalue weighted by atomic mass is 19.1. The first-order valence-electron chi connectivity index (χ1n) is 7.40. The van der Waals surface area contributed by atoms with Crippen LogP contribution in [0.1, 0.15) is 37.4 Å². The zero-order valence-corrected chi connectivity index (χ0v) is 12.5. The first-order valence-corrected chi connectivity index (χ1v) is 7.40. The molecule has 0 radical (unpaired) electrons. The first-order chi connectivity index (χ1) is 10.2. The van der Waals surface area contributed by atoms with Crippen molar-refractivity contribution in [1.82, 2.24) is 4.90 Å². The molecule has 0 N–H and O–H groups in total. The maximum Gasteiger partial charge on any atom is 0.123 e. The molecule has 0 aliphatic rings. The highest BCUT2D eigenvalue weighted by molar-refractivity contribution is 5.32. The molecule has 0 aliphatic carbocycles. The van der Waals surface area contributed by atoms with Gasteiger partial charge in [-0.25, -0.2) is 8.78 Å². The number of nitrogens with zero attached hydrogens (tertiary/aromatic N) is 1. The quantitative estimate of drug-likeness (QED) is 0.739. The summed E-state index contributed by atoms with van der Waals surface area (Å²) in [5.41, 5.74) is 2.05. The molecule has 0 aliphatic heterocycles. The van der Waals surface area contributed by atoms with Crippen LogP contribution < -0.4 is 0 Å². The van der Waals surface area contributed by atoms with Gasteiger partial charge in [-0.3, -0.25) is 4.90 Å². The molecule has 0 atom stereocenters. The molecular formula is C18H21F2N. The fourth-order valence-corrected chi connectivity index (χ4v) is 2.66. The van der Waals surface area contributed by atoms with Gasteiger partial charge in [-0.05, 0) is 54.9 Å². The Morgan fingerprint density at radius 2 is 1.24 bits per heavy atom. The predicted octanol–water partition coefficient (Wildman–Crippen LogP) is 4.79. The molecule has 0 unspecified atom stereocenters. The van der Waals surface area contributed by atoms with Crippen LogP contribution in [-0.4, -0.2) is 18.0 Å². The lowest BCUT2D eigenvalue weighted by molar-refractivity contribution is 0.238. The van der Waals surface area contributed by atoms with E-state index >= 15 is 0 Å². The molecule has 0 amide bonds. The van der Waals surface area contributed by atoms with E-state index in [1.54, 1.807) is 0 Å². The van der Waals surface area contributed by atoms with E-state index in [-0.39, 0.29) is 17.7 Å². The van der Waals surface area contributed by atoms with Crippen LogP contribution in [0.3, 0.4) is 0 Å². The van der Waals surface area contributed by atoms with E-state index in [0.717, 1.165) is 30.6 Å². The molecule has 0 aromatic heterocycles. The molecule has 0 saturated carbocycles. The van der Waals surface area contributed by atoms with E-state index in [4.69, 9.17) is 0 Å². The van der Waals surface area contributed by atoms with Gasteiger partial charge in [0.25, 0.3) is 0 Å². The third-order valence-corrected chi connectivity index (χ3v) is 3.65. The third kappa shape index (κ3) is 3.88. The first kappa shape index (κ1) is 15.6. The Balaban J connectivity index is 2.42. The van der Waals surface area contributed by atoms with Crippen LogP contribution in [-0.2, 0) is 0 Å². The second-order valence-electron chi connectivity index (χ2n) is 5.13. The molecule has 0 spiro atoms. The fraction of sp³-hybridized carbons (Fsp3) is 0.333. The molecule has 21 heavy (non-hydrogen) atoms. The van der Waals surface area contributed by atoms with Crippen LogP contribution in [0.5, 0.6) is 0 Å². The van der Waals surface area contributed by atoms with Crippen molar-refractivity contribution < 1.29 is 8.78 Å². The van der Waals surface area contributed by atoms with Crippen molar-refractivity contribution in [3.63, 3.8) is 0 Å². The zero-order valence-electron chi connectivity index (χ0n) is 12.5. The SMILES string of the molecule is CCCN(CC)C(c1ccc(F)cc1)c1ccc(F)cc1. The Kier molecular flexibility index (Phi) is 5.45. The van der Waals surface area contributed by atoms with Crippen molar-refractivity contribution in [2.45, 2.75) is 26.3 Å². The second-order valence-corrected chi connectivity index (χ2v) is 5.13. The van der Waals surface area contributed by atoms with Crippen LogP contribution >= 0.6 is 0 Å². The standard InChI is InChI=1S/C18H21F2N/c1-3-13-21(4-2)18(14-5-9-16(19)10-6-14)15-7-11-17(20)12-8-15/h5-12,18H,3-4,13H2,1-2H3. The van der Waals surface area contributed by atoms with Crippen molar-refractivity contribution in [3.05, 3.63) is 71.3 Å². The Morgan fingerprint density at radius 3 is 1.57 bits per heavy atom. The van der Waals surface area contributed by atoms with E-state index < -0.39 is 0 Å². The summed E-state index contributed by atoms with van der Waals surface area (Å²) in [5, 5.41) is 0. The van der Waals surface area contributed by atoms with Gasteiger partial charge in [0, 0.05) is 0 Å². The number of benzene rings is 2. The summed E-state index contributed by atoms with van der Waals surface area (Å²) in [5.74, 6) is -0.481. The summed E-state index contributed by atoms with van der Waals surface area (Å²) in [6.45, 7) is 6.06. The van der Waals surface area contributed by atoms with Gasteiger partial charge in [-0.1, -0.05) is 38.1 Å². The average molecular weight is 289 g/mol. The normalized spacial score (nSPS) is 11.3. The lowest BCUT2D eigenvalue weighted by Gasteiger charge is -2.31. The van der Waals surface area contributed by atoms with Crippen LogP contribution in [0.2, 0.25) is 0 Å². The van der Waals surface area contributed by atoms with Crippen molar-refractivity contribution >= 4 is 0 Å². The topological polar surface area (TPSA) is 3.24 Å². The summed E-state index contributed by atoms with van der Waals surface area (Å²) in [4.78, 5) is 2.32. The van der Waals surface area contributed by atoms with E-state index in [9.17, 15) is 8.78 Å². The molecule has 0 saturated heterocycles. The minimum atomic E-state index is -0.241. The van der Waals surface area contributed by atoms with E-state index in [2.05, 4.69) is 18.7 Å². The molecule has 112 valence electrons. The Bertz CT molecular complexity index is 503. The maximum absolute atomic E-state index is 13.2. The number of rotatable bonds is 6. The van der Waals surface area contributed by atoms with Gasteiger partial charge in [0.2, 0.25) is 0 Å². The van der Waals surface area contributed by atoms with Crippen LogP contribution in [0.15, 0.2) is 48.5 Å². The molecule has 2 aromatic rings. The highest BCUT2D eigenvalue weighted by Crippen LogP contribution is 2.29. The van der Waals surface area contributed by atoms with Gasteiger partial charge < -0.3 is 0 Å². The molecular weight excluding hydrogens is 268 g/mol. The van der Waals surface area contributed by atoms with Crippen molar-refractivity contribution in [3.8, 4) is 0 Å². The Morgan fingerprint density at radius 1 is 0.810 bits per heavy atom. The molecule has 3 heteroatoms. The number of halogens is 2. The molecule has 0 heterocycles. The predicted molar refractivity (Wildman–Crippen MR) is 82.2 cm³/mol. The van der Waals surface area contributed by atoms with Crippen molar-refractivity contribution in [1.29, 1.82) is 0 Å². The van der Waals surface area contributed by atoms with Gasteiger partial charge in [-0.2, -0.15) is 0 Å². The van der Waals surface area contributed by atoms with E-state index in [1.807, 2.05) is 24.3 Å². The van der Waals surface area contributed by atoms with Gasteiger partial charge >= 0.3 is 0 Å². The molecule has 0 bridgehead atoms. The summed E-state index contributed by atoms with van der Waals surface area (Å²) in [6, 6.07) is 13.2. The van der Waals surface area contributed by atoms with Crippen molar-refractivity contribution in [2.75, 3.05) is 13.1 Å². The summed E-state index contributed by atoms with van der Waals surface area (Å²) in [7, 11) is 0. The second kappa shape index (κ2) is 7.32. The minimum absolute atomic E-state index is 0.0242. The van der Waals surface area contributed by atoms with E-state index in [1.165, 1.54) is 24.3 Å². The zero-order chi connectivity index (χ0) is 15.2. The monoisotopic (exact) mass is 289 g/mol. The van der Waals surface area contributed by atoms with Crippen LogP contribution in [0.4, 0.5) is 8.78 Å². The number of hydrogen-bond donors (Lipinski definition) is 0. The summed E-state index contributed by atoms with van der Waals surface area (Å²) < 4.78 is 26.3. The van der Waals surface area contributed by atoms with Crippen LogP contribution in [0.25, 0.3) is 0 Å². The molecule has 2 rings (SSSR count). The molecule has 2 aromatic carbocycles. The fourth-order valence-electron chi connectivity index (χ4n) is 2.66. The summed E-state index contributed by atoms with van der Waals surface area (Å²) >= 11 is 0. The third-order valence-electron chi connectivity index (χ3n) is 3.65. The summed E-state index contributed by atoms with van der Waals surface area (Å²) in [6.07, 6.45) is 1.03. The smallest absolute Gasteiger partial charge is 0.123 e. The Labute approximate surface area is 125 Å². The van der Waals surface area contributed by atoms with Crippen LogP contribution in [0, 0.1) is 11.6 Å². The lowest BCUT2D eigenvalue weighted by Crippen LogP contribution is -2.30. The maximum atomic E-state index is 13.2. The highest BCUT2D eigenvalue weighted by Gasteiger charge is 2.20. The van der Waals surface area contributed by atoms with Crippen molar-refractivity contribution in [2.24, 2.45) is 0 Å². The Hall–Kier alpha value is -1.74. The van der Waals surface area contributed by atoms with Gasteiger partial charge in [-0.15, -0.1) is 0 Å². The van der Waals surface area contributed by atoms with Gasteiger partial charge in [0.05, 0.1) is 6.04 Å². The lowest BCUT2D eigenvalue weighted by atomic mass is 9.96. The average Bonchev–Trinajstić information content (AvgIpc) is 2.50. The van der Waals surface area contributed by atoms with Gasteiger partial charge in [0.1, 0.15) is 11.6 Å². The van der Waals surface area contributed by atoms with Gasteiger partial charge in [0.15, 0.2) is 0 Å². The van der Waals surface area contributed by atoms with E-state index in [0.29, 0.717) is 0 Å². The number of hydrogen-bond acceptors (Lipinski definition) is 1. The minimum Gasteiger partial charge on any atom is -0.293 e. The molecule has 1 nitrogen and oxygen atoms in total.